The van der Waals surface area contributed by atoms with Crippen LogP contribution >= 0.6 is 11.6 Å². The van der Waals surface area contributed by atoms with Crippen LogP contribution < -0.4 is 15.2 Å². The van der Waals surface area contributed by atoms with Crippen molar-refractivity contribution < 1.29 is 19.1 Å². The average Bonchev–Trinajstić information content (AvgIpc) is 2.36. The van der Waals surface area contributed by atoms with E-state index in [-0.39, 0.29) is 40.0 Å². The Bertz CT molecular complexity index is 459. The molecule has 1 aromatic rings. The van der Waals surface area contributed by atoms with Crippen LogP contribution in [-0.2, 0) is 0 Å². The Hall–Kier alpha value is -1.59. The Kier molecular flexibility index (Phi) is 4.48. The fourth-order valence-corrected chi connectivity index (χ4v) is 1.69. The number of methoxy groups -OCH3 is 2. The molecular formula is C11H12ClNO4. The highest BCUT2D eigenvalue weighted by molar-refractivity contribution is 6.34. The highest BCUT2D eigenvalue weighted by atomic mass is 35.5. The summed E-state index contributed by atoms with van der Waals surface area (Å²) in [5, 5.41) is 0.120. The molecule has 2 N–H and O–H groups in total. The Balaban J connectivity index is 3.58. The lowest BCUT2D eigenvalue weighted by Gasteiger charge is -2.14. The van der Waals surface area contributed by atoms with Crippen LogP contribution in [0.15, 0.2) is 6.07 Å². The van der Waals surface area contributed by atoms with Gasteiger partial charge in [-0.2, -0.15) is 0 Å². The van der Waals surface area contributed by atoms with Gasteiger partial charge in [0.25, 0.3) is 0 Å². The molecule has 92 valence electrons. The number of hydrogen-bond acceptors (Lipinski definition) is 5. The summed E-state index contributed by atoms with van der Waals surface area (Å²) in [4.78, 5) is 22.5. The second-order valence-corrected chi connectivity index (χ2v) is 3.54. The molecule has 0 aliphatic carbocycles. The van der Waals surface area contributed by atoms with Gasteiger partial charge in [0.2, 0.25) is 0 Å². The molecule has 0 spiro atoms. The Labute approximate surface area is 103 Å². The maximum absolute atomic E-state index is 11.6. The summed E-state index contributed by atoms with van der Waals surface area (Å²) in [5.74, 6) is -0.0549. The molecule has 0 amide bonds. The number of halogens is 1. The highest BCUT2D eigenvalue weighted by Crippen LogP contribution is 2.38. The first kappa shape index (κ1) is 13.5. The maximum Gasteiger partial charge on any atom is 0.180 e. The van der Waals surface area contributed by atoms with Crippen LogP contribution in [-0.4, -0.2) is 32.8 Å². The summed E-state index contributed by atoms with van der Waals surface area (Å²) >= 11 is 5.88. The minimum Gasteiger partial charge on any atom is -0.492 e. The summed E-state index contributed by atoms with van der Waals surface area (Å²) in [6.07, 6.45) is 0.542. The number of nitrogens with two attached hydrogens (primary N) is 1. The molecule has 0 atom stereocenters. The Morgan fingerprint density at radius 2 is 2.00 bits per heavy atom. The normalized spacial score (nSPS) is 9.88. The molecule has 0 radical (unpaired) electrons. The molecule has 0 fully saturated rings. The molecule has 0 saturated carbocycles. The molecule has 0 aromatic heterocycles. The fraction of sp³-hybridized carbons (Fsp3) is 0.273. The number of rotatable bonds is 5. The Morgan fingerprint density at radius 3 is 2.41 bits per heavy atom. The largest absolute Gasteiger partial charge is 0.492 e. The van der Waals surface area contributed by atoms with Crippen LogP contribution in [0.25, 0.3) is 0 Å². The molecule has 1 rings (SSSR count). The standard InChI is InChI=1S/C11H12ClNO4/c1-16-10-6(9(15)4-13)3-8(12)7(5-14)11(10)17-2/h3,5H,4,13H2,1-2H3. The van der Waals surface area contributed by atoms with Gasteiger partial charge in [-0.1, -0.05) is 11.6 Å². The minimum atomic E-state index is -0.348. The number of benzene rings is 1. The smallest absolute Gasteiger partial charge is 0.180 e. The van der Waals surface area contributed by atoms with Crippen molar-refractivity contribution in [1.29, 1.82) is 0 Å². The monoisotopic (exact) mass is 257 g/mol. The number of hydrogen-bond donors (Lipinski definition) is 1. The van der Waals surface area contributed by atoms with Crippen LogP contribution in [0.1, 0.15) is 20.7 Å². The van der Waals surface area contributed by atoms with Crippen molar-refractivity contribution in [3.63, 3.8) is 0 Å². The van der Waals surface area contributed by atoms with E-state index in [4.69, 9.17) is 26.8 Å². The Morgan fingerprint density at radius 1 is 1.41 bits per heavy atom. The van der Waals surface area contributed by atoms with Crippen molar-refractivity contribution in [3.05, 3.63) is 22.2 Å². The van der Waals surface area contributed by atoms with E-state index in [1.807, 2.05) is 0 Å². The number of carbonyl (C=O) groups excluding carboxylic acids is 2. The van der Waals surface area contributed by atoms with E-state index in [1.54, 1.807) is 0 Å². The van der Waals surface area contributed by atoms with Crippen molar-refractivity contribution >= 4 is 23.7 Å². The molecule has 0 unspecified atom stereocenters. The van der Waals surface area contributed by atoms with Gasteiger partial charge in [0, 0.05) is 0 Å². The molecule has 6 heteroatoms. The first-order chi connectivity index (χ1) is 8.10. The van der Waals surface area contributed by atoms with E-state index in [0.29, 0.717) is 6.29 Å². The summed E-state index contributed by atoms with van der Waals surface area (Å²) in [7, 11) is 2.73. The number of ketones is 1. The van der Waals surface area contributed by atoms with Gasteiger partial charge in [-0.3, -0.25) is 9.59 Å². The van der Waals surface area contributed by atoms with Crippen molar-refractivity contribution in [2.75, 3.05) is 20.8 Å². The van der Waals surface area contributed by atoms with Gasteiger partial charge in [0.1, 0.15) is 0 Å². The zero-order valence-electron chi connectivity index (χ0n) is 9.45. The second kappa shape index (κ2) is 5.65. The maximum atomic E-state index is 11.6. The molecule has 5 nitrogen and oxygen atoms in total. The molecule has 0 bridgehead atoms. The summed E-state index contributed by atoms with van der Waals surface area (Å²) in [5.41, 5.74) is 5.62. The van der Waals surface area contributed by atoms with E-state index in [0.717, 1.165) is 0 Å². The van der Waals surface area contributed by atoms with E-state index in [2.05, 4.69) is 0 Å². The van der Waals surface area contributed by atoms with Crippen LogP contribution in [0.5, 0.6) is 11.5 Å². The predicted molar refractivity (Wildman–Crippen MR) is 63.3 cm³/mol. The topological polar surface area (TPSA) is 78.6 Å². The van der Waals surface area contributed by atoms with E-state index in [1.165, 1.54) is 20.3 Å². The summed E-state index contributed by atoms with van der Waals surface area (Å²) in [6, 6.07) is 1.35. The van der Waals surface area contributed by atoms with Crippen LogP contribution in [0, 0.1) is 0 Å². The fourth-order valence-electron chi connectivity index (χ4n) is 1.46. The first-order valence-electron chi connectivity index (χ1n) is 4.73. The molecule has 0 heterocycles. The zero-order valence-corrected chi connectivity index (χ0v) is 10.2. The number of aldehydes is 1. The third-order valence-corrected chi connectivity index (χ3v) is 2.55. The second-order valence-electron chi connectivity index (χ2n) is 3.13. The third kappa shape index (κ3) is 2.40. The van der Waals surface area contributed by atoms with E-state index >= 15 is 0 Å². The SMILES string of the molecule is COc1c(C(=O)CN)cc(Cl)c(C=O)c1OC. The predicted octanol–water partition coefficient (Wildman–Crippen LogP) is 1.31. The van der Waals surface area contributed by atoms with Crippen LogP contribution in [0.3, 0.4) is 0 Å². The van der Waals surface area contributed by atoms with Crippen molar-refractivity contribution in [2.24, 2.45) is 5.73 Å². The quantitative estimate of drug-likeness (QED) is 0.636. The van der Waals surface area contributed by atoms with E-state index < -0.39 is 0 Å². The molecule has 0 aliphatic rings. The van der Waals surface area contributed by atoms with Gasteiger partial charge in [0.05, 0.1) is 36.9 Å². The zero-order chi connectivity index (χ0) is 13.0. The summed E-state index contributed by atoms with van der Waals surface area (Å²) < 4.78 is 10.1. The van der Waals surface area contributed by atoms with Gasteiger partial charge >= 0.3 is 0 Å². The molecular weight excluding hydrogens is 246 g/mol. The van der Waals surface area contributed by atoms with Gasteiger partial charge in [-0.15, -0.1) is 0 Å². The van der Waals surface area contributed by atoms with Gasteiger partial charge in [0.15, 0.2) is 23.6 Å². The lowest BCUT2D eigenvalue weighted by Crippen LogP contribution is -2.15. The number of carbonyl (C=O) groups is 2. The molecule has 0 saturated heterocycles. The van der Waals surface area contributed by atoms with Gasteiger partial charge < -0.3 is 15.2 Å². The lowest BCUT2D eigenvalue weighted by atomic mass is 10.1. The third-order valence-electron chi connectivity index (χ3n) is 2.24. The van der Waals surface area contributed by atoms with Crippen LogP contribution in [0.2, 0.25) is 5.02 Å². The molecule has 0 aliphatic heterocycles. The lowest BCUT2D eigenvalue weighted by molar-refractivity contribution is 0.0996. The molecule has 1 aromatic carbocycles. The average molecular weight is 258 g/mol. The first-order valence-corrected chi connectivity index (χ1v) is 5.11. The van der Waals surface area contributed by atoms with Crippen molar-refractivity contribution in [2.45, 2.75) is 0 Å². The highest BCUT2D eigenvalue weighted by Gasteiger charge is 2.21. The summed E-state index contributed by atoms with van der Waals surface area (Å²) in [6.45, 7) is -0.184. The van der Waals surface area contributed by atoms with Gasteiger partial charge in [-0.25, -0.2) is 0 Å². The van der Waals surface area contributed by atoms with Gasteiger partial charge in [-0.05, 0) is 6.07 Å². The van der Waals surface area contributed by atoms with Crippen molar-refractivity contribution in [1.82, 2.24) is 0 Å². The number of ether oxygens (including phenoxy) is 2. The van der Waals surface area contributed by atoms with Crippen molar-refractivity contribution in [3.8, 4) is 11.5 Å². The number of Topliss-reactive ketones (excluding diaryl/α,β-unsaturated/α-hetero) is 1. The minimum absolute atomic E-state index is 0.120. The molecule has 17 heavy (non-hydrogen) atoms. The van der Waals surface area contributed by atoms with Crippen LogP contribution in [0.4, 0.5) is 0 Å². The van der Waals surface area contributed by atoms with E-state index in [9.17, 15) is 9.59 Å².